The van der Waals surface area contributed by atoms with E-state index >= 15 is 0 Å². The van der Waals surface area contributed by atoms with E-state index in [0.717, 1.165) is 23.2 Å². The summed E-state index contributed by atoms with van der Waals surface area (Å²) in [5.74, 6) is 2.38. The highest BCUT2D eigenvalue weighted by Crippen LogP contribution is 2.33. The normalized spacial score (nSPS) is 11.1. The molecular formula is C20H24N4O4S. The molecular weight excluding hydrogens is 392 g/mol. The number of benzene rings is 1. The monoisotopic (exact) mass is 416 g/mol. The number of ether oxygens (including phenoxy) is 2. The van der Waals surface area contributed by atoms with Gasteiger partial charge in [-0.2, -0.15) is 0 Å². The van der Waals surface area contributed by atoms with Gasteiger partial charge >= 0.3 is 5.69 Å². The highest BCUT2D eigenvalue weighted by molar-refractivity contribution is 7.99. The molecule has 0 saturated carbocycles. The van der Waals surface area contributed by atoms with Crippen molar-refractivity contribution in [2.75, 3.05) is 20.0 Å². The lowest BCUT2D eigenvalue weighted by Gasteiger charge is -2.13. The van der Waals surface area contributed by atoms with Gasteiger partial charge in [0.15, 0.2) is 23.0 Å². The summed E-state index contributed by atoms with van der Waals surface area (Å²) in [5, 5.41) is 0.935. The molecule has 3 rings (SSSR count). The maximum absolute atomic E-state index is 12.8. The van der Waals surface area contributed by atoms with E-state index in [9.17, 15) is 9.59 Å². The summed E-state index contributed by atoms with van der Waals surface area (Å²) < 4.78 is 13.1. The second-order valence-corrected chi connectivity index (χ2v) is 7.61. The summed E-state index contributed by atoms with van der Waals surface area (Å²) in [6, 6.07) is 5.37. The number of nitrogens with zero attached hydrogens (tertiary/aromatic N) is 4. The molecule has 0 aliphatic rings. The number of aryl methyl sites for hydroxylation is 1. The maximum Gasteiger partial charge on any atom is 0.332 e. The van der Waals surface area contributed by atoms with Crippen molar-refractivity contribution in [1.82, 2.24) is 19.1 Å². The third-order valence-electron chi connectivity index (χ3n) is 4.65. The Kier molecular flexibility index (Phi) is 6.26. The fourth-order valence-electron chi connectivity index (χ4n) is 2.95. The Bertz CT molecular complexity index is 1170. The molecule has 0 atom stereocenters. The fourth-order valence-corrected chi connectivity index (χ4v) is 4.05. The summed E-state index contributed by atoms with van der Waals surface area (Å²) in [6.07, 6.45) is 2.03. The van der Waals surface area contributed by atoms with Crippen molar-refractivity contribution >= 4 is 22.8 Å². The average Bonchev–Trinajstić information content (AvgIpc) is 2.75. The Hall–Kier alpha value is -2.81. The topological polar surface area (TPSA) is 88.2 Å². The van der Waals surface area contributed by atoms with E-state index in [1.165, 1.54) is 23.4 Å². The summed E-state index contributed by atoms with van der Waals surface area (Å²) in [5.41, 5.74) is 0.205. The Morgan fingerprint density at radius 3 is 2.41 bits per heavy atom. The molecule has 8 nitrogen and oxygen atoms in total. The molecule has 154 valence electrons. The van der Waals surface area contributed by atoms with Crippen LogP contribution in [0, 0.1) is 0 Å². The van der Waals surface area contributed by atoms with Crippen molar-refractivity contribution in [3.8, 4) is 22.9 Å². The summed E-state index contributed by atoms with van der Waals surface area (Å²) in [4.78, 5) is 34.5. The second-order valence-electron chi connectivity index (χ2n) is 6.53. The summed E-state index contributed by atoms with van der Waals surface area (Å²) in [6.45, 7) is 2.11. The minimum Gasteiger partial charge on any atom is -0.493 e. The molecule has 0 spiro atoms. The number of hydrogen-bond donors (Lipinski definition) is 0. The molecule has 9 heteroatoms. The predicted octanol–water partition coefficient (Wildman–Crippen LogP) is 2.60. The van der Waals surface area contributed by atoms with Crippen LogP contribution in [0.25, 0.3) is 22.4 Å². The lowest BCUT2D eigenvalue weighted by Crippen LogP contribution is -2.37. The molecule has 0 N–H and O–H groups in total. The highest BCUT2D eigenvalue weighted by Gasteiger charge is 2.18. The van der Waals surface area contributed by atoms with Gasteiger partial charge in [-0.25, -0.2) is 14.8 Å². The van der Waals surface area contributed by atoms with Gasteiger partial charge in [0, 0.05) is 19.7 Å². The number of unbranched alkanes of at least 4 members (excludes halogenated alkanes) is 1. The molecule has 0 amide bonds. The van der Waals surface area contributed by atoms with Crippen LogP contribution >= 0.6 is 11.8 Å². The third-order valence-corrected chi connectivity index (χ3v) is 5.71. The van der Waals surface area contributed by atoms with Crippen LogP contribution in [0.15, 0.2) is 32.8 Å². The molecule has 0 aliphatic heterocycles. The van der Waals surface area contributed by atoms with Crippen LogP contribution in [0.5, 0.6) is 11.5 Å². The molecule has 3 aromatic rings. The predicted molar refractivity (Wildman–Crippen MR) is 114 cm³/mol. The minimum atomic E-state index is -0.427. The quantitative estimate of drug-likeness (QED) is 0.332. The average molecular weight is 417 g/mol. The van der Waals surface area contributed by atoms with Crippen molar-refractivity contribution in [2.24, 2.45) is 14.1 Å². The van der Waals surface area contributed by atoms with Crippen LogP contribution < -0.4 is 20.7 Å². The van der Waals surface area contributed by atoms with Crippen LogP contribution in [0.1, 0.15) is 19.8 Å². The largest absolute Gasteiger partial charge is 0.493 e. The van der Waals surface area contributed by atoms with E-state index in [-0.39, 0.29) is 5.56 Å². The van der Waals surface area contributed by atoms with Crippen molar-refractivity contribution in [3.63, 3.8) is 0 Å². The van der Waals surface area contributed by atoms with E-state index in [1.807, 2.05) is 6.07 Å². The van der Waals surface area contributed by atoms with Gasteiger partial charge in [0.25, 0.3) is 5.56 Å². The highest BCUT2D eigenvalue weighted by atomic mass is 32.2. The van der Waals surface area contributed by atoms with E-state index in [1.54, 1.807) is 33.4 Å². The second kappa shape index (κ2) is 8.69. The van der Waals surface area contributed by atoms with Crippen LogP contribution in [0.3, 0.4) is 0 Å². The number of fused-ring (bicyclic) bond motifs is 1. The van der Waals surface area contributed by atoms with E-state index in [0.29, 0.717) is 38.9 Å². The molecule has 0 fully saturated rings. The Morgan fingerprint density at radius 2 is 1.76 bits per heavy atom. The zero-order valence-electron chi connectivity index (χ0n) is 17.2. The van der Waals surface area contributed by atoms with Crippen molar-refractivity contribution in [2.45, 2.75) is 24.8 Å². The Morgan fingerprint density at radius 1 is 1.03 bits per heavy atom. The Balaban J connectivity index is 2.29. The molecule has 0 aliphatic carbocycles. The molecule has 0 saturated heterocycles. The fraction of sp³-hybridized carbons (Fsp3) is 0.400. The zero-order valence-corrected chi connectivity index (χ0v) is 18.0. The van der Waals surface area contributed by atoms with Crippen LogP contribution in [0.2, 0.25) is 0 Å². The van der Waals surface area contributed by atoms with Gasteiger partial charge in [-0.1, -0.05) is 13.3 Å². The molecule has 2 heterocycles. The first-order chi connectivity index (χ1) is 13.9. The van der Waals surface area contributed by atoms with Gasteiger partial charge < -0.3 is 9.47 Å². The minimum absolute atomic E-state index is 0.317. The molecule has 0 unspecified atom stereocenters. The first-order valence-electron chi connectivity index (χ1n) is 9.25. The number of rotatable bonds is 7. The van der Waals surface area contributed by atoms with Crippen molar-refractivity contribution < 1.29 is 9.47 Å². The number of methoxy groups -OCH3 is 2. The van der Waals surface area contributed by atoms with E-state index in [4.69, 9.17) is 9.47 Å². The number of thioether (sulfide) groups is 1. The molecule has 1 aromatic carbocycles. The number of aromatic nitrogens is 4. The maximum atomic E-state index is 12.8. The molecule has 0 bridgehead atoms. The lowest BCUT2D eigenvalue weighted by atomic mass is 10.2. The van der Waals surface area contributed by atoms with Crippen LogP contribution in [-0.2, 0) is 14.1 Å². The van der Waals surface area contributed by atoms with Gasteiger partial charge in [-0.05, 0) is 30.4 Å². The van der Waals surface area contributed by atoms with Gasteiger partial charge in [-0.3, -0.25) is 13.9 Å². The standard InChI is InChI=1S/C20H24N4O4S/c1-6-7-10-29-18-15-17(23(2)20(26)24(3)19(15)25)21-16(22-18)12-8-9-13(27-4)14(11-12)28-5/h8-9,11H,6-7,10H2,1-5H3. The van der Waals surface area contributed by atoms with Crippen LogP contribution in [0.4, 0.5) is 0 Å². The summed E-state index contributed by atoms with van der Waals surface area (Å²) >= 11 is 1.50. The van der Waals surface area contributed by atoms with Gasteiger partial charge in [-0.15, -0.1) is 11.8 Å². The molecule has 2 aromatic heterocycles. The zero-order chi connectivity index (χ0) is 21.1. The summed E-state index contributed by atoms with van der Waals surface area (Å²) in [7, 11) is 6.20. The van der Waals surface area contributed by atoms with Crippen molar-refractivity contribution in [3.05, 3.63) is 39.0 Å². The molecule has 0 radical (unpaired) electrons. The number of hydrogen-bond acceptors (Lipinski definition) is 7. The first-order valence-corrected chi connectivity index (χ1v) is 10.2. The van der Waals surface area contributed by atoms with Crippen molar-refractivity contribution in [1.29, 1.82) is 0 Å². The smallest absolute Gasteiger partial charge is 0.332 e. The molecule has 29 heavy (non-hydrogen) atoms. The Labute approximate surface area is 172 Å². The van der Waals surface area contributed by atoms with Gasteiger partial charge in [0.2, 0.25) is 0 Å². The third kappa shape index (κ3) is 3.87. The van der Waals surface area contributed by atoms with Crippen LogP contribution in [-0.4, -0.2) is 39.1 Å². The van der Waals surface area contributed by atoms with Gasteiger partial charge in [0.05, 0.1) is 14.2 Å². The SMILES string of the molecule is CCCCSc1nc(-c2ccc(OC)c(OC)c2)nc2c1c(=O)n(C)c(=O)n2C. The first kappa shape index (κ1) is 20.9. The van der Waals surface area contributed by atoms with E-state index < -0.39 is 5.69 Å². The lowest BCUT2D eigenvalue weighted by molar-refractivity contribution is 0.355. The van der Waals surface area contributed by atoms with Gasteiger partial charge in [0.1, 0.15) is 10.4 Å². The van der Waals surface area contributed by atoms with E-state index in [2.05, 4.69) is 16.9 Å².